The number of nitrogens with two attached hydrogens (primary N) is 1. The van der Waals surface area contributed by atoms with Crippen molar-refractivity contribution in [1.82, 2.24) is 4.90 Å². The second kappa shape index (κ2) is 5.14. The first-order chi connectivity index (χ1) is 9.17. The van der Waals surface area contributed by atoms with Gasteiger partial charge < -0.3 is 15.4 Å². The number of rotatable bonds is 3. The highest BCUT2D eigenvalue weighted by Crippen LogP contribution is 2.43. The summed E-state index contributed by atoms with van der Waals surface area (Å²) >= 11 is 0. The number of ether oxygens (including phenoxy) is 1. The Morgan fingerprint density at radius 3 is 2.74 bits per heavy atom. The third kappa shape index (κ3) is 2.63. The quantitative estimate of drug-likeness (QED) is 0.907. The monoisotopic (exact) mass is 260 g/mol. The molecule has 1 atom stereocenters. The third-order valence-electron chi connectivity index (χ3n) is 4.54. The van der Waals surface area contributed by atoms with Crippen molar-refractivity contribution < 1.29 is 4.74 Å². The van der Waals surface area contributed by atoms with Crippen LogP contribution in [-0.4, -0.2) is 31.1 Å². The fraction of sp³-hybridized carbons (Fsp3) is 0.625. The molecule has 1 aliphatic heterocycles. The second-order valence-corrected chi connectivity index (χ2v) is 6.15. The van der Waals surface area contributed by atoms with E-state index in [-0.39, 0.29) is 5.54 Å². The van der Waals surface area contributed by atoms with E-state index in [1.165, 1.54) is 24.9 Å². The van der Waals surface area contributed by atoms with Crippen LogP contribution in [0.3, 0.4) is 0 Å². The van der Waals surface area contributed by atoms with Gasteiger partial charge in [0.15, 0.2) is 0 Å². The SMILES string of the molecule is CN1CCCC(Oc2ccccc2C2(N)CCC2)C1. The molecule has 3 nitrogen and oxygen atoms in total. The van der Waals surface area contributed by atoms with Gasteiger partial charge in [0.2, 0.25) is 0 Å². The van der Waals surface area contributed by atoms with E-state index in [0.717, 1.165) is 31.6 Å². The number of hydrogen-bond donors (Lipinski definition) is 1. The zero-order chi connectivity index (χ0) is 13.3. The van der Waals surface area contributed by atoms with Crippen molar-refractivity contribution in [2.24, 2.45) is 5.73 Å². The second-order valence-electron chi connectivity index (χ2n) is 6.15. The lowest BCUT2D eigenvalue weighted by atomic mass is 9.72. The molecule has 104 valence electrons. The minimum absolute atomic E-state index is 0.142. The Hall–Kier alpha value is -1.06. The minimum atomic E-state index is -0.142. The van der Waals surface area contributed by atoms with Gasteiger partial charge in [0.25, 0.3) is 0 Å². The van der Waals surface area contributed by atoms with E-state index in [1.807, 2.05) is 6.07 Å². The largest absolute Gasteiger partial charge is 0.489 e. The van der Waals surface area contributed by atoms with Crippen molar-refractivity contribution in [2.75, 3.05) is 20.1 Å². The number of piperidine rings is 1. The van der Waals surface area contributed by atoms with Gasteiger partial charge in [-0.15, -0.1) is 0 Å². The predicted molar refractivity (Wildman–Crippen MR) is 77.3 cm³/mol. The van der Waals surface area contributed by atoms with Crippen LogP contribution in [0.5, 0.6) is 5.75 Å². The maximum absolute atomic E-state index is 6.47. The molecule has 0 spiro atoms. The molecule has 3 heteroatoms. The molecule has 1 saturated heterocycles. The smallest absolute Gasteiger partial charge is 0.124 e. The molecule has 1 aromatic carbocycles. The fourth-order valence-corrected chi connectivity index (χ4v) is 3.20. The Labute approximate surface area is 115 Å². The highest BCUT2D eigenvalue weighted by atomic mass is 16.5. The topological polar surface area (TPSA) is 38.5 Å². The average Bonchev–Trinajstić information content (AvgIpc) is 2.37. The molecule has 1 aliphatic carbocycles. The van der Waals surface area contributed by atoms with Gasteiger partial charge in [0.1, 0.15) is 11.9 Å². The van der Waals surface area contributed by atoms with Crippen molar-refractivity contribution in [2.45, 2.75) is 43.7 Å². The zero-order valence-corrected chi connectivity index (χ0v) is 11.8. The Bertz CT molecular complexity index is 442. The molecule has 1 saturated carbocycles. The lowest BCUT2D eigenvalue weighted by molar-refractivity contribution is 0.0998. The molecule has 2 fully saturated rings. The first kappa shape index (κ1) is 12.9. The van der Waals surface area contributed by atoms with Gasteiger partial charge in [-0.1, -0.05) is 18.2 Å². The van der Waals surface area contributed by atoms with Crippen LogP contribution in [-0.2, 0) is 5.54 Å². The molecule has 3 rings (SSSR count). The summed E-state index contributed by atoms with van der Waals surface area (Å²) in [7, 11) is 2.16. The summed E-state index contributed by atoms with van der Waals surface area (Å²) in [6, 6.07) is 8.34. The number of hydrogen-bond acceptors (Lipinski definition) is 3. The summed E-state index contributed by atoms with van der Waals surface area (Å²) in [5, 5.41) is 0. The van der Waals surface area contributed by atoms with E-state index in [2.05, 4.69) is 30.1 Å². The molecule has 1 heterocycles. The van der Waals surface area contributed by atoms with Crippen LogP contribution in [0.2, 0.25) is 0 Å². The highest BCUT2D eigenvalue weighted by Gasteiger charge is 2.37. The first-order valence-corrected chi connectivity index (χ1v) is 7.41. The molecular weight excluding hydrogens is 236 g/mol. The van der Waals surface area contributed by atoms with Crippen LogP contribution in [0, 0.1) is 0 Å². The Morgan fingerprint density at radius 1 is 1.26 bits per heavy atom. The van der Waals surface area contributed by atoms with Crippen LogP contribution in [0.25, 0.3) is 0 Å². The van der Waals surface area contributed by atoms with E-state index < -0.39 is 0 Å². The molecule has 19 heavy (non-hydrogen) atoms. The number of likely N-dealkylation sites (tertiary alicyclic amines) is 1. The van der Waals surface area contributed by atoms with Crippen LogP contribution < -0.4 is 10.5 Å². The summed E-state index contributed by atoms with van der Waals surface area (Å²) < 4.78 is 6.26. The lowest BCUT2D eigenvalue weighted by Gasteiger charge is -2.40. The fourth-order valence-electron chi connectivity index (χ4n) is 3.20. The minimum Gasteiger partial charge on any atom is -0.489 e. The van der Waals surface area contributed by atoms with E-state index in [0.29, 0.717) is 6.10 Å². The van der Waals surface area contributed by atoms with Crippen molar-refractivity contribution >= 4 is 0 Å². The molecule has 1 aromatic rings. The van der Waals surface area contributed by atoms with Crippen LogP contribution in [0.1, 0.15) is 37.7 Å². The van der Waals surface area contributed by atoms with Gasteiger partial charge in [0, 0.05) is 17.6 Å². The molecule has 0 amide bonds. The number of nitrogens with zero attached hydrogens (tertiary/aromatic N) is 1. The molecule has 1 unspecified atom stereocenters. The van der Waals surface area contributed by atoms with E-state index in [9.17, 15) is 0 Å². The van der Waals surface area contributed by atoms with Gasteiger partial charge in [-0.3, -0.25) is 0 Å². The Kier molecular flexibility index (Phi) is 3.50. The van der Waals surface area contributed by atoms with Crippen molar-refractivity contribution in [3.63, 3.8) is 0 Å². The van der Waals surface area contributed by atoms with Gasteiger partial charge in [-0.2, -0.15) is 0 Å². The molecule has 0 radical (unpaired) electrons. The molecule has 0 bridgehead atoms. The van der Waals surface area contributed by atoms with Gasteiger partial charge >= 0.3 is 0 Å². The number of para-hydroxylation sites is 1. The summed E-state index contributed by atoms with van der Waals surface area (Å²) in [4.78, 5) is 2.35. The molecule has 2 N–H and O–H groups in total. The number of benzene rings is 1. The zero-order valence-electron chi connectivity index (χ0n) is 11.8. The maximum Gasteiger partial charge on any atom is 0.124 e. The van der Waals surface area contributed by atoms with Gasteiger partial charge in [-0.05, 0) is 51.8 Å². The third-order valence-corrected chi connectivity index (χ3v) is 4.54. The Balaban J connectivity index is 1.77. The molecule has 0 aromatic heterocycles. The molecular formula is C16H24N2O. The van der Waals surface area contributed by atoms with Crippen LogP contribution in [0.4, 0.5) is 0 Å². The highest BCUT2D eigenvalue weighted by molar-refractivity contribution is 5.40. The lowest BCUT2D eigenvalue weighted by Crippen LogP contribution is -2.44. The van der Waals surface area contributed by atoms with E-state index >= 15 is 0 Å². The standard InChI is InChI=1S/C16H24N2O/c1-18-11-4-6-13(12-18)19-15-8-3-2-7-14(15)16(17)9-5-10-16/h2-3,7-8,13H,4-6,9-12,17H2,1H3. The number of likely N-dealkylation sites (N-methyl/N-ethyl adjacent to an activating group) is 1. The predicted octanol–water partition coefficient (Wildman–Crippen LogP) is 2.50. The Morgan fingerprint density at radius 2 is 2.05 bits per heavy atom. The summed E-state index contributed by atoms with van der Waals surface area (Å²) in [6.07, 6.45) is 6.07. The maximum atomic E-state index is 6.47. The van der Waals surface area contributed by atoms with E-state index in [1.54, 1.807) is 0 Å². The van der Waals surface area contributed by atoms with E-state index in [4.69, 9.17) is 10.5 Å². The average molecular weight is 260 g/mol. The van der Waals surface area contributed by atoms with Crippen LogP contribution in [0.15, 0.2) is 24.3 Å². The van der Waals surface area contributed by atoms with Gasteiger partial charge in [0.05, 0.1) is 0 Å². The van der Waals surface area contributed by atoms with Gasteiger partial charge in [-0.25, -0.2) is 0 Å². The normalized spacial score (nSPS) is 26.7. The van der Waals surface area contributed by atoms with Crippen molar-refractivity contribution in [3.05, 3.63) is 29.8 Å². The molecule has 2 aliphatic rings. The van der Waals surface area contributed by atoms with Crippen LogP contribution >= 0.6 is 0 Å². The van der Waals surface area contributed by atoms with Crippen molar-refractivity contribution in [1.29, 1.82) is 0 Å². The van der Waals surface area contributed by atoms with Crippen molar-refractivity contribution in [3.8, 4) is 5.75 Å². The first-order valence-electron chi connectivity index (χ1n) is 7.41. The summed E-state index contributed by atoms with van der Waals surface area (Å²) in [6.45, 7) is 2.20. The summed E-state index contributed by atoms with van der Waals surface area (Å²) in [5.74, 6) is 1.00. The summed E-state index contributed by atoms with van der Waals surface area (Å²) in [5.41, 5.74) is 7.53.